The van der Waals surface area contributed by atoms with E-state index >= 15 is 0 Å². The molecule has 1 aromatic heterocycles. The Morgan fingerprint density at radius 1 is 0.966 bits per heavy atom. The van der Waals surface area contributed by atoms with Crippen molar-refractivity contribution in [1.82, 2.24) is 4.98 Å². The fraction of sp³-hybridized carbons (Fsp3) is 0.160. The van der Waals surface area contributed by atoms with E-state index in [1.54, 1.807) is 0 Å². The van der Waals surface area contributed by atoms with Crippen LogP contribution in [-0.2, 0) is 0 Å². The zero-order chi connectivity index (χ0) is 19.8. The van der Waals surface area contributed by atoms with Gasteiger partial charge >= 0.3 is 0 Å². The standard InChI is InChI=1S/C25H23N3O/c1-17-13-15-28(24-5-3-2-4-23(24)27-17)25(29)19-8-6-18(7-9-19)20-10-11-22-21(16-20)12-14-26-22/h2-12,14,16-17,26-27H,13,15H2,1H3. The van der Waals surface area contributed by atoms with Gasteiger partial charge in [0.05, 0.1) is 11.4 Å². The number of anilines is 2. The Labute approximate surface area is 170 Å². The lowest BCUT2D eigenvalue weighted by Gasteiger charge is -2.22. The maximum Gasteiger partial charge on any atom is 0.258 e. The van der Waals surface area contributed by atoms with Crippen molar-refractivity contribution in [3.05, 3.63) is 84.6 Å². The molecule has 2 N–H and O–H groups in total. The summed E-state index contributed by atoms with van der Waals surface area (Å²) in [7, 11) is 0. The van der Waals surface area contributed by atoms with Crippen LogP contribution in [0.3, 0.4) is 0 Å². The molecule has 3 aromatic carbocycles. The topological polar surface area (TPSA) is 48.1 Å². The molecule has 1 atom stereocenters. The molecule has 0 spiro atoms. The SMILES string of the molecule is CC1CCN(C(=O)c2ccc(-c3ccc4[nH]ccc4c3)cc2)c2ccccc2N1. The number of carbonyl (C=O) groups excluding carboxylic acids is 1. The lowest BCUT2D eigenvalue weighted by molar-refractivity contribution is 0.0987. The molecule has 0 radical (unpaired) electrons. The van der Waals surface area contributed by atoms with Crippen molar-refractivity contribution in [2.45, 2.75) is 19.4 Å². The molecule has 0 saturated heterocycles. The van der Waals surface area contributed by atoms with Crippen molar-refractivity contribution in [1.29, 1.82) is 0 Å². The van der Waals surface area contributed by atoms with Crippen molar-refractivity contribution < 1.29 is 4.79 Å². The van der Waals surface area contributed by atoms with E-state index in [-0.39, 0.29) is 5.91 Å². The van der Waals surface area contributed by atoms with Gasteiger partial charge in [-0.2, -0.15) is 0 Å². The summed E-state index contributed by atoms with van der Waals surface area (Å²) in [5, 5.41) is 4.69. The Morgan fingerprint density at radius 3 is 2.62 bits per heavy atom. The minimum Gasteiger partial charge on any atom is -0.381 e. The fourth-order valence-electron chi connectivity index (χ4n) is 4.02. The number of para-hydroxylation sites is 2. The number of aromatic nitrogens is 1. The van der Waals surface area contributed by atoms with Crippen molar-refractivity contribution in [2.24, 2.45) is 0 Å². The van der Waals surface area contributed by atoms with E-state index in [1.807, 2.05) is 59.6 Å². The maximum atomic E-state index is 13.3. The van der Waals surface area contributed by atoms with Gasteiger partial charge in [0.2, 0.25) is 0 Å². The van der Waals surface area contributed by atoms with Gasteiger partial charge in [0.1, 0.15) is 0 Å². The first kappa shape index (κ1) is 17.6. The molecular weight excluding hydrogens is 358 g/mol. The van der Waals surface area contributed by atoms with Gasteiger partial charge in [0.25, 0.3) is 5.91 Å². The minimum absolute atomic E-state index is 0.0426. The van der Waals surface area contributed by atoms with Crippen molar-refractivity contribution >= 4 is 28.2 Å². The predicted octanol–water partition coefficient (Wildman–Crippen LogP) is 5.69. The second kappa shape index (κ2) is 7.13. The number of nitrogens with one attached hydrogen (secondary N) is 2. The van der Waals surface area contributed by atoms with E-state index in [9.17, 15) is 4.79 Å². The average molecular weight is 381 g/mol. The third-order valence-corrected chi connectivity index (χ3v) is 5.65. The summed E-state index contributed by atoms with van der Waals surface area (Å²) in [5.41, 5.74) is 6.06. The molecule has 0 fully saturated rings. The minimum atomic E-state index is 0.0426. The third kappa shape index (κ3) is 3.27. The fourth-order valence-corrected chi connectivity index (χ4v) is 4.02. The van der Waals surface area contributed by atoms with Crippen molar-refractivity contribution in [3.8, 4) is 11.1 Å². The summed E-state index contributed by atoms with van der Waals surface area (Å²) in [5.74, 6) is 0.0426. The molecule has 0 bridgehead atoms. The Hall–Kier alpha value is -3.53. The molecule has 2 heterocycles. The summed E-state index contributed by atoms with van der Waals surface area (Å²) in [6, 6.07) is 24.7. The molecule has 29 heavy (non-hydrogen) atoms. The molecule has 144 valence electrons. The molecule has 0 aliphatic carbocycles. The number of benzene rings is 3. The van der Waals surface area contributed by atoms with Crippen LogP contribution < -0.4 is 10.2 Å². The summed E-state index contributed by atoms with van der Waals surface area (Å²) in [6.45, 7) is 2.86. The number of fused-ring (bicyclic) bond motifs is 2. The first-order valence-electron chi connectivity index (χ1n) is 10.0. The monoisotopic (exact) mass is 381 g/mol. The number of rotatable bonds is 2. The molecule has 1 aliphatic rings. The van der Waals surface area contributed by atoms with Crippen LogP contribution in [0.15, 0.2) is 79.0 Å². The molecule has 4 aromatic rings. The van der Waals surface area contributed by atoms with Crippen molar-refractivity contribution in [3.63, 3.8) is 0 Å². The zero-order valence-corrected chi connectivity index (χ0v) is 16.4. The van der Waals surface area contributed by atoms with Gasteiger partial charge in [0, 0.05) is 29.9 Å². The van der Waals surface area contributed by atoms with Gasteiger partial charge in [-0.1, -0.05) is 30.3 Å². The number of carbonyl (C=O) groups is 1. The van der Waals surface area contributed by atoms with E-state index in [4.69, 9.17) is 0 Å². The molecule has 5 rings (SSSR count). The Balaban J connectivity index is 1.44. The van der Waals surface area contributed by atoms with Gasteiger partial charge < -0.3 is 15.2 Å². The van der Waals surface area contributed by atoms with E-state index < -0.39 is 0 Å². The van der Waals surface area contributed by atoms with Gasteiger partial charge in [0.15, 0.2) is 0 Å². The van der Waals surface area contributed by atoms with Gasteiger partial charge in [-0.05, 0) is 72.3 Å². The molecule has 1 aliphatic heterocycles. The summed E-state index contributed by atoms with van der Waals surface area (Å²) in [4.78, 5) is 18.4. The lowest BCUT2D eigenvalue weighted by atomic mass is 10.0. The molecule has 4 nitrogen and oxygen atoms in total. The predicted molar refractivity (Wildman–Crippen MR) is 120 cm³/mol. The van der Waals surface area contributed by atoms with Gasteiger partial charge in [-0.25, -0.2) is 0 Å². The second-order valence-electron chi connectivity index (χ2n) is 7.67. The highest BCUT2D eigenvalue weighted by Gasteiger charge is 2.24. The number of hydrogen-bond donors (Lipinski definition) is 2. The Kier molecular flexibility index (Phi) is 4.32. The number of amides is 1. The first-order chi connectivity index (χ1) is 14.2. The van der Waals surface area contributed by atoms with Crippen LogP contribution in [0.2, 0.25) is 0 Å². The van der Waals surface area contributed by atoms with Crippen LogP contribution in [0.5, 0.6) is 0 Å². The molecule has 4 heteroatoms. The van der Waals surface area contributed by atoms with E-state index in [2.05, 4.69) is 41.5 Å². The summed E-state index contributed by atoms with van der Waals surface area (Å²) >= 11 is 0. The van der Waals surface area contributed by atoms with Crippen LogP contribution in [0, 0.1) is 0 Å². The summed E-state index contributed by atoms with van der Waals surface area (Å²) < 4.78 is 0. The van der Waals surface area contributed by atoms with Gasteiger partial charge in [-0.15, -0.1) is 0 Å². The maximum absolute atomic E-state index is 13.3. The molecular formula is C25H23N3O. The Bertz CT molecular complexity index is 1180. The van der Waals surface area contributed by atoms with Crippen LogP contribution >= 0.6 is 0 Å². The number of aromatic amines is 1. The first-order valence-corrected chi connectivity index (χ1v) is 10.0. The largest absolute Gasteiger partial charge is 0.381 e. The smallest absolute Gasteiger partial charge is 0.258 e. The van der Waals surface area contributed by atoms with E-state index in [0.29, 0.717) is 18.2 Å². The second-order valence-corrected chi connectivity index (χ2v) is 7.67. The lowest BCUT2D eigenvalue weighted by Crippen LogP contribution is -2.32. The Morgan fingerprint density at radius 2 is 1.76 bits per heavy atom. The molecule has 0 saturated carbocycles. The number of nitrogens with zero attached hydrogens (tertiary/aromatic N) is 1. The van der Waals surface area contributed by atoms with Crippen LogP contribution in [0.25, 0.3) is 22.0 Å². The highest BCUT2D eigenvalue weighted by Crippen LogP contribution is 2.31. The van der Waals surface area contributed by atoms with Crippen molar-refractivity contribution in [2.75, 3.05) is 16.8 Å². The van der Waals surface area contributed by atoms with Gasteiger partial charge in [-0.3, -0.25) is 4.79 Å². The molecule has 1 amide bonds. The quantitative estimate of drug-likeness (QED) is 0.469. The highest BCUT2D eigenvalue weighted by atomic mass is 16.2. The average Bonchev–Trinajstić information content (AvgIpc) is 3.15. The molecule has 1 unspecified atom stereocenters. The summed E-state index contributed by atoms with van der Waals surface area (Å²) in [6.07, 6.45) is 2.86. The number of hydrogen-bond acceptors (Lipinski definition) is 2. The van der Waals surface area contributed by atoms with E-state index in [0.717, 1.165) is 34.4 Å². The van der Waals surface area contributed by atoms with Crippen LogP contribution in [-0.4, -0.2) is 23.5 Å². The number of H-pyrrole nitrogens is 1. The third-order valence-electron chi connectivity index (χ3n) is 5.65. The van der Waals surface area contributed by atoms with E-state index in [1.165, 1.54) is 5.39 Å². The zero-order valence-electron chi connectivity index (χ0n) is 16.4. The van der Waals surface area contributed by atoms with Crippen LogP contribution in [0.4, 0.5) is 11.4 Å². The van der Waals surface area contributed by atoms with Crippen LogP contribution in [0.1, 0.15) is 23.7 Å². The highest BCUT2D eigenvalue weighted by molar-refractivity contribution is 6.08. The normalized spacial score (nSPS) is 16.2.